The van der Waals surface area contributed by atoms with E-state index in [0.717, 1.165) is 33.7 Å². The Morgan fingerprint density at radius 3 is 2.56 bits per heavy atom. The van der Waals surface area contributed by atoms with Crippen molar-refractivity contribution < 1.29 is 14.0 Å². The Morgan fingerprint density at radius 1 is 1.08 bits per heavy atom. The second kappa shape index (κ2) is 10.1. The van der Waals surface area contributed by atoms with Crippen molar-refractivity contribution in [3.63, 3.8) is 0 Å². The maximum Gasteiger partial charge on any atom is 0.262 e. The zero-order valence-electron chi connectivity index (χ0n) is 19.9. The summed E-state index contributed by atoms with van der Waals surface area (Å²) in [5.41, 5.74) is 5.52. The lowest BCUT2D eigenvalue weighted by Gasteiger charge is -2.23. The predicted molar refractivity (Wildman–Crippen MR) is 142 cm³/mol. The van der Waals surface area contributed by atoms with Crippen LogP contribution in [-0.4, -0.2) is 33.0 Å². The number of thioether (sulfide) groups is 1. The molecule has 0 unspecified atom stereocenters. The molecule has 182 valence electrons. The van der Waals surface area contributed by atoms with E-state index in [-0.39, 0.29) is 30.1 Å². The summed E-state index contributed by atoms with van der Waals surface area (Å²) in [6.07, 6.45) is 0.593. The summed E-state index contributed by atoms with van der Waals surface area (Å²) in [6.45, 7) is 3.93. The number of anilines is 1. The van der Waals surface area contributed by atoms with E-state index in [9.17, 15) is 14.0 Å². The number of rotatable bonds is 5. The van der Waals surface area contributed by atoms with E-state index in [1.807, 2.05) is 62.4 Å². The molecule has 6 nitrogen and oxygen atoms in total. The molecule has 0 aromatic heterocycles. The number of nitrogens with one attached hydrogen (secondary N) is 1. The van der Waals surface area contributed by atoms with Gasteiger partial charge in [-0.05, 0) is 48.7 Å². The molecule has 2 heterocycles. The first-order chi connectivity index (χ1) is 17.4. The highest BCUT2D eigenvalue weighted by Gasteiger charge is 2.39. The highest BCUT2D eigenvalue weighted by atomic mass is 32.2. The van der Waals surface area contributed by atoms with Crippen molar-refractivity contribution >= 4 is 40.1 Å². The molecule has 36 heavy (non-hydrogen) atoms. The first-order valence-electron chi connectivity index (χ1n) is 11.7. The summed E-state index contributed by atoms with van der Waals surface area (Å²) in [5, 5.41) is 9.27. The Hall–Kier alpha value is -3.78. The molecule has 0 bridgehead atoms. The Bertz CT molecular complexity index is 1370. The van der Waals surface area contributed by atoms with Gasteiger partial charge in [0.1, 0.15) is 11.1 Å². The topological polar surface area (TPSA) is 74.1 Å². The maximum absolute atomic E-state index is 13.6. The fourth-order valence-corrected chi connectivity index (χ4v) is 5.43. The Labute approximate surface area is 213 Å². The summed E-state index contributed by atoms with van der Waals surface area (Å²) < 4.78 is 13.6. The quantitative estimate of drug-likeness (QED) is 0.493. The highest BCUT2D eigenvalue weighted by Crippen LogP contribution is 2.38. The number of hydrazone groups is 1. The van der Waals surface area contributed by atoms with Gasteiger partial charge in [0, 0.05) is 18.5 Å². The average Bonchev–Trinajstić information content (AvgIpc) is 3.46. The second-order valence-electron chi connectivity index (χ2n) is 8.94. The molecule has 1 N–H and O–H groups in total. The van der Waals surface area contributed by atoms with Crippen molar-refractivity contribution in [1.29, 1.82) is 0 Å². The Morgan fingerprint density at radius 2 is 1.83 bits per heavy atom. The van der Waals surface area contributed by atoms with Crippen LogP contribution in [0.2, 0.25) is 0 Å². The van der Waals surface area contributed by atoms with Crippen molar-refractivity contribution in [2.75, 3.05) is 5.32 Å². The van der Waals surface area contributed by atoms with Crippen LogP contribution in [0, 0.1) is 19.7 Å². The number of amidine groups is 1. The number of carbonyl (C=O) groups excluding carboxylic acids is 2. The second-order valence-corrected chi connectivity index (χ2v) is 10.1. The molecule has 0 saturated carbocycles. The number of amides is 2. The van der Waals surface area contributed by atoms with E-state index in [1.165, 1.54) is 23.9 Å². The van der Waals surface area contributed by atoms with E-state index < -0.39 is 5.25 Å². The molecular formula is C28H25FN4O2S. The van der Waals surface area contributed by atoms with Crippen molar-refractivity contribution in [3.05, 3.63) is 101 Å². The Kier molecular flexibility index (Phi) is 6.69. The van der Waals surface area contributed by atoms with Gasteiger partial charge in [0.2, 0.25) is 5.91 Å². The van der Waals surface area contributed by atoms with Crippen molar-refractivity contribution in [2.45, 2.75) is 38.0 Å². The van der Waals surface area contributed by atoms with Crippen LogP contribution in [0.4, 0.5) is 10.1 Å². The molecule has 2 aliphatic heterocycles. The maximum atomic E-state index is 13.6. The average molecular weight is 501 g/mol. The van der Waals surface area contributed by atoms with Crippen LogP contribution in [0.15, 0.2) is 82.9 Å². The van der Waals surface area contributed by atoms with E-state index in [2.05, 4.69) is 10.3 Å². The number of halogens is 1. The largest absolute Gasteiger partial charge is 0.326 e. The molecule has 2 amide bonds. The van der Waals surface area contributed by atoms with Crippen molar-refractivity contribution in [3.8, 4) is 0 Å². The SMILES string of the molecule is Cc1ccc(NC(=O)C[C@H]2SC(N3N=C(c4ccccc4)C[C@H]3c3ccc(F)cc3)=NC2=O)c(C)c1. The number of aryl methyl sites for hydroxylation is 2. The molecule has 5 rings (SSSR count). The number of aliphatic imine (C=N–C) groups is 1. The van der Waals surface area contributed by atoms with Gasteiger partial charge in [-0.3, -0.25) is 9.59 Å². The lowest BCUT2D eigenvalue weighted by Crippen LogP contribution is -2.25. The summed E-state index contributed by atoms with van der Waals surface area (Å²) in [6, 6.07) is 21.7. The van der Waals surface area contributed by atoms with Gasteiger partial charge in [0.05, 0.1) is 11.8 Å². The third-order valence-corrected chi connectivity index (χ3v) is 7.37. The summed E-state index contributed by atoms with van der Waals surface area (Å²) >= 11 is 1.24. The number of benzene rings is 3. The summed E-state index contributed by atoms with van der Waals surface area (Å²) in [5.74, 6) is -0.911. The number of hydrogen-bond donors (Lipinski definition) is 1. The normalized spacial score (nSPS) is 19.3. The highest BCUT2D eigenvalue weighted by molar-refractivity contribution is 8.15. The summed E-state index contributed by atoms with van der Waals surface area (Å²) in [4.78, 5) is 29.8. The van der Waals surface area contributed by atoms with E-state index in [1.54, 1.807) is 17.1 Å². The van der Waals surface area contributed by atoms with Gasteiger partial charge in [-0.15, -0.1) is 0 Å². The van der Waals surface area contributed by atoms with Gasteiger partial charge < -0.3 is 5.32 Å². The molecule has 0 fully saturated rings. The van der Waals surface area contributed by atoms with Crippen LogP contribution in [0.25, 0.3) is 0 Å². The molecule has 2 aliphatic rings. The minimum atomic E-state index is -0.629. The molecule has 3 aromatic rings. The van der Waals surface area contributed by atoms with Crippen LogP contribution in [0.5, 0.6) is 0 Å². The van der Waals surface area contributed by atoms with Gasteiger partial charge >= 0.3 is 0 Å². The van der Waals surface area contributed by atoms with Crippen LogP contribution in [0.3, 0.4) is 0 Å². The number of hydrogen-bond acceptors (Lipinski definition) is 5. The number of carbonyl (C=O) groups is 2. The van der Waals surface area contributed by atoms with Gasteiger partial charge in [-0.2, -0.15) is 10.1 Å². The standard InChI is InChI=1S/C28H25FN4O2S/c1-17-8-13-22(18(2)14-17)30-26(34)16-25-27(35)31-28(36-25)33-24(20-9-11-21(29)12-10-20)15-23(32-33)19-6-4-3-5-7-19/h3-14,24-25H,15-16H2,1-2H3,(H,30,34)/t24-,25+/m0/s1. The minimum Gasteiger partial charge on any atom is -0.326 e. The van der Waals surface area contributed by atoms with E-state index in [0.29, 0.717) is 11.6 Å². The van der Waals surface area contributed by atoms with Gasteiger partial charge in [-0.25, -0.2) is 9.40 Å². The monoisotopic (exact) mass is 500 g/mol. The predicted octanol–water partition coefficient (Wildman–Crippen LogP) is 5.62. The van der Waals surface area contributed by atoms with Crippen molar-refractivity contribution in [2.24, 2.45) is 10.1 Å². The molecule has 0 radical (unpaired) electrons. The fourth-order valence-electron chi connectivity index (χ4n) is 4.36. The van der Waals surface area contributed by atoms with Crippen LogP contribution < -0.4 is 5.32 Å². The van der Waals surface area contributed by atoms with Crippen LogP contribution >= 0.6 is 11.8 Å². The van der Waals surface area contributed by atoms with Gasteiger partial charge in [-0.1, -0.05) is 71.9 Å². The Balaban J connectivity index is 1.34. The molecule has 3 aromatic carbocycles. The third-order valence-electron chi connectivity index (χ3n) is 6.22. The van der Waals surface area contributed by atoms with Crippen LogP contribution in [0.1, 0.15) is 41.1 Å². The smallest absolute Gasteiger partial charge is 0.262 e. The molecule has 0 spiro atoms. The lowest BCUT2D eigenvalue weighted by molar-refractivity contribution is -0.121. The van der Waals surface area contributed by atoms with Crippen molar-refractivity contribution in [1.82, 2.24) is 5.01 Å². The van der Waals surface area contributed by atoms with E-state index >= 15 is 0 Å². The summed E-state index contributed by atoms with van der Waals surface area (Å²) in [7, 11) is 0. The lowest BCUT2D eigenvalue weighted by atomic mass is 9.99. The fraction of sp³-hybridized carbons (Fsp3) is 0.214. The van der Waals surface area contributed by atoms with E-state index in [4.69, 9.17) is 5.10 Å². The molecular weight excluding hydrogens is 475 g/mol. The van der Waals surface area contributed by atoms with Crippen LogP contribution in [-0.2, 0) is 9.59 Å². The first kappa shape index (κ1) is 23.9. The van der Waals surface area contributed by atoms with Gasteiger partial charge in [0.15, 0.2) is 5.17 Å². The molecule has 0 saturated heterocycles. The first-order valence-corrected chi connectivity index (χ1v) is 12.6. The number of nitrogens with zero attached hydrogens (tertiary/aromatic N) is 3. The molecule has 8 heteroatoms. The minimum absolute atomic E-state index is 0.00806. The third kappa shape index (κ3) is 5.09. The zero-order chi connectivity index (χ0) is 25.2. The molecule has 0 aliphatic carbocycles. The zero-order valence-corrected chi connectivity index (χ0v) is 20.8. The van der Waals surface area contributed by atoms with Gasteiger partial charge in [0.25, 0.3) is 5.91 Å². The molecule has 2 atom stereocenters.